The lowest BCUT2D eigenvalue weighted by atomic mass is 9.94. The van der Waals surface area contributed by atoms with E-state index in [1.54, 1.807) is 11.0 Å². The molecule has 4 rings (SSSR count). The van der Waals surface area contributed by atoms with E-state index >= 15 is 0 Å². The van der Waals surface area contributed by atoms with Gasteiger partial charge in [-0.15, -0.1) is 0 Å². The van der Waals surface area contributed by atoms with Gasteiger partial charge in [-0.2, -0.15) is 0 Å². The SMILES string of the molecule is COC(=O)C(c1ccccc1Cl)N1CCN(CC(=O)N2Cc3ccccc3CC2C(=O)OC)CC1. The molecule has 2 aliphatic heterocycles. The predicted molar refractivity (Wildman–Crippen MR) is 131 cm³/mol. The van der Waals surface area contributed by atoms with E-state index in [2.05, 4.69) is 4.90 Å². The minimum atomic E-state index is -0.632. The first kappa shape index (κ1) is 25.2. The van der Waals surface area contributed by atoms with Crippen molar-refractivity contribution in [2.75, 3.05) is 46.9 Å². The average Bonchev–Trinajstić information content (AvgIpc) is 2.89. The molecule has 2 atom stereocenters. The molecule has 1 fully saturated rings. The average molecular weight is 500 g/mol. The van der Waals surface area contributed by atoms with E-state index in [0.717, 1.165) is 11.1 Å². The van der Waals surface area contributed by atoms with Crippen LogP contribution in [0.25, 0.3) is 0 Å². The summed E-state index contributed by atoms with van der Waals surface area (Å²) in [5, 5.41) is 0.514. The first-order chi connectivity index (χ1) is 16.9. The standard InChI is InChI=1S/C26H30ClN3O5/c1-34-25(32)22-15-18-7-3-4-8-19(18)16-30(22)23(31)17-28-11-13-29(14-12-28)24(26(33)35-2)20-9-5-6-10-21(20)27/h3-10,22,24H,11-17H2,1-2H3. The molecule has 186 valence electrons. The van der Waals surface area contributed by atoms with Gasteiger partial charge in [-0.3, -0.25) is 14.6 Å². The van der Waals surface area contributed by atoms with Gasteiger partial charge in [0.05, 0.1) is 20.8 Å². The summed E-state index contributed by atoms with van der Waals surface area (Å²) in [6.45, 7) is 2.90. The highest BCUT2D eigenvalue weighted by molar-refractivity contribution is 6.31. The Hall–Kier alpha value is -2.94. The number of esters is 2. The molecule has 2 aromatic carbocycles. The Balaban J connectivity index is 1.42. The van der Waals surface area contributed by atoms with Gasteiger partial charge in [0.25, 0.3) is 0 Å². The van der Waals surface area contributed by atoms with E-state index in [4.69, 9.17) is 21.1 Å². The minimum Gasteiger partial charge on any atom is -0.468 e. The van der Waals surface area contributed by atoms with Gasteiger partial charge in [-0.1, -0.05) is 54.1 Å². The van der Waals surface area contributed by atoms with Gasteiger partial charge < -0.3 is 14.4 Å². The minimum absolute atomic E-state index is 0.112. The molecule has 9 heteroatoms. The van der Waals surface area contributed by atoms with Crippen LogP contribution in [0.2, 0.25) is 5.02 Å². The third-order valence-corrected chi connectivity index (χ3v) is 7.14. The summed E-state index contributed by atoms with van der Waals surface area (Å²) in [5.74, 6) is -0.882. The lowest BCUT2D eigenvalue weighted by molar-refractivity contribution is -0.154. The van der Waals surface area contributed by atoms with E-state index in [1.165, 1.54) is 14.2 Å². The molecule has 0 N–H and O–H groups in total. The van der Waals surface area contributed by atoms with Crippen LogP contribution in [0.3, 0.4) is 0 Å². The Morgan fingerprint density at radius 1 is 0.943 bits per heavy atom. The molecule has 2 unspecified atom stereocenters. The molecular weight excluding hydrogens is 470 g/mol. The highest BCUT2D eigenvalue weighted by Gasteiger charge is 2.37. The lowest BCUT2D eigenvalue weighted by Crippen LogP contribution is -2.55. The largest absolute Gasteiger partial charge is 0.468 e. The molecule has 0 radical (unpaired) electrons. The molecule has 2 aromatic rings. The van der Waals surface area contributed by atoms with Crippen LogP contribution in [0.5, 0.6) is 0 Å². The fourth-order valence-corrected chi connectivity index (χ4v) is 5.11. The number of rotatable bonds is 6. The van der Waals surface area contributed by atoms with Gasteiger partial charge >= 0.3 is 11.9 Å². The molecule has 2 heterocycles. The van der Waals surface area contributed by atoms with Crippen LogP contribution in [-0.2, 0) is 36.8 Å². The van der Waals surface area contributed by atoms with Crippen LogP contribution in [0, 0.1) is 0 Å². The first-order valence-electron chi connectivity index (χ1n) is 11.7. The second kappa shape index (κ2) is 11.2. The number of fused-ring (bicyclic) bond motifs is 1. The van der Waals surface area contributed by atoms with Gasteiger partial charge in [0.2, 0.25) is 5.91 Å². The lowest BCUT2D eigenvalue weighted by Gasteiger charge is -2.40. The van der Waals surface area contributed by atoms with Crippen molar-refractivity contribution in [3.63, 3.8) is 0 Å². The van der Waals surface area contributed by atoms with Crippen LogP contribution in [0.4, 0.5) is 0 Å². The molecule has 8 nitrogen and oxygen atoms in total. The molecular formula is C26H30ClN3O5. The Kier molecular flexibility index (Phi) is 8.05. The topological polar surface area (TPSA) is 79.4 Å². The van der Waals surface area contributed by atoms with Crippen LogP contribution in [0.15, 0.2) is 48.5 Å². The van der Waals surface area contributed by atoms with Crippen molar-refractivity contribution >= 4 is 29.4 Å². The Bertz CT molecular complexity index is 1090. The van der Waals surface area contributed by atoms with Gasteiger partial charge in [-0.05, 0) is 22.8 Å². The molecule has 0 spiro atoms. The maximum atomic E-state index is 13.3. The van der Waals surface area contributed by atoms with Crippen LogP contribution >= 0.6 is 11.6 Å². The number of nitrogens with zero attached hydrogens (tertiary/aromatic N) is 3. The summed E-state index contributed by atoms with van der Waals surface area (Å²) in [6.07, 6.45) is 0.445. The zero-order chi connectivity index (χ0) is 24.9. The van der Waals surface area contributed by atoms with Crippen molar-refractivity contribution in [1.29, 1.82) is 0 Å². The summed E-state index contributed by atoms with van der Waals surface area (Å²) < 4.78 is 10.1. The molecule has 2 aliphatic rings. The normalized spacial score (nSPS) is 19.5. The number of piperazine rings is 1. The fraction of sp³-hybridized carbons (Fsp3) is 0.423. The monoisotopic (exact) mass is 499 g/mol. The third-order valence-electron chi connectivity index (χ3n) is 6.80. The van der Waals surface area contributed by atoms with Crippen molar-refractivity contribution in [1.82, 2.24) is 14.7 Å². The number of hydrogen-bond acceptors (Lipinski definition) is 7. The second-order valence-electron chi connectivity index (χ2n) is 8.79. The Morgan fingerprint density at radius 3 is 2.26 bits per heavy atom. The van der Waals surface area contributed by atoms with Crippen molar-refractivity contribution < 1.29 is 23.9 Å². The highest BCUT2D eigenvalue weighted by Crippen LogP contribution is 2.30. The van der Waals surface area contributed by atoms with E-state index in [0.29, 0.717) is 49.7 Å². The van der Waals surface area contributed by atoms with Gasteiger partial charge in [0.15, 0.2) is 0 Å². The second-order valence-corrected chi connectivity index (χ2v) is 9.20. The smallest absolute Gasteiger partial charge is 0.328 e. The van der Waals surface area contributed by atoms with E-state index in [9.17, 15) is 14.4 Å². The Labute approximate surface area is 210 Å². The van der Waals surface area contributed by atoms with Gasteiger partial charge in [0.1, 0.15) is 12.1 Å². The maximum absolute atomic E-state index is 13.3. The molecule has 0 saturated carbocycles. The summed E-state index contributed by atoms with van der Waals surface area (Å²) >= 11 is 6.38. The number of hydrogen-bond donors (Lipinski definition) is 0. The molecule has 0 aromatic heterocycles. The van der Waals surface area contributed by atoms with Crippen molar-refractivity contribution in [3.8, 4) is 0 Å². The molecule has 1 amide bonds. The summed E-state index contributed by atoms with van der Waals surface area (Å²) in [7, 11) is 2.72. The fourth-order valence-electron chi connectivity index (χ4n) is 4.87. The van der Waals surface area contributed by atoms with Crippen LogP contribution < -0.4 is 0 Å². The molecule has 0 bridgehead atoms. The van der Waals surface area contributed by atoms with Crippen molar-refractivity contribution in [2.45, 2.75) is 25.0 Å². The maximum Gasteiger partial charge on any atom is 0.328 e. The molecule has 1 saturated heterocycles. The van der Waals surface area contributed by atoms with E-state index < -0.39 is 18.1 Å². The third kappa shape index (κ3) is 5.50. The summed E-state index contributed by atoms with van der Waals surface area (Å²) in [5.41, 5.74) is 2.82. The number of carbonyl (C=O) groups is 3. The van der Waals surface area contributed by atoms with Gasteiger partial charge in [-0.25, -0.2) is 9.59 Å². The summed E-state index contributed by atoms with van der Waals surface area (Å²) in [4.78, 5) is 44.1. The highest BCUT2D eigenvalue weighted by atomic mass is 35.5. The van der Waals surface area contributed by atoms with E-state index in [-0.39, 0.29) is 18.4 Å². The van der Waals surface area contributed by atoms with E-state index in [1.807, 2.05) is 47.4 Å². The predicted octanol–water partition coefficient (Wildman–Crippen LogP) is 2.30. The van der Waals surface area contributed by atoms with Gasteiger partial charge in [0, 0.05) is 44.2 Å². The van der Waals surface area contributed by atoms with Crippen LogP contribution in [-0.4, -0.2) is 85.5 Å². The Morgan fingerprint density at radius 2 is 1.60 bits per heavy atom. The number of ether oxygens (including phenoxy) is 2. The van der Waals surface area contributed by atoms with Crippen molar-refractivity contribution in [2.24, 2.45) is 0 Å². The molecule has 35 heavy (non-hydrogen) atoms. The number of methoxy groups -OCH3 is 2. The number of halogens is 1. The molecule has 0 aliphatic carbocycles. The zero-order valence-corrected chi connectivity index (χ0v) is 20.7. The van der Waals surface area contributed by atoms with Crippen molar-refractivity contribution in [3.05, 3.63) is 70.2 Å². The quantitative estimate of drug-likeness (QED) is 0.564. The number of amides is 1. The number of carbonyl (C=O) groups excluding carboxylic acids is 3. The summed E-state index contributed by atoms with van der Waals surface area (Å²) in [6, 6.07) is 13.9. The first-order valence-corrected chi connectivity index (χ1v) is 12.0. The zero-order valence-electron chi connectivity index (χ0n) is 20.0. The number of benzene rings is 2. The van der Waals surface area contributed by atoms with Crippen LogP contribution in [0.1, 0.15) is 22.7 Å².